The van der Waals surface area contributed by atoms with Crippen LogP contribution in [0.25, 0.3) is 11.3 Å². The Morgan fingerprint density at radius 3 is 1.97 bits per heavy atom. The Bertz CT molecular complexity index is 1250. The average Bonchev–Trinajstić information content (AvgIpc) is 2.71. The molecule has 0 amide bonds. The molecule has 1 aromatic heterocycles. The molecule has 0 bridgehead atoms. The third kappa shape index (κ3) is 6.83. The third-order valence-corrected chi connectivity index (χ3v) is 6.11. The van der Waals surface area contributed by atoms with Gasteiger partial charge in [-0.3, -0.25) is 0 Å². The van der Waals surface area contributed by atoms with Crippen molar-refractivity contribution in [3.63, 3.8) is 0 Å². The maximum absolute atomic E-state index is 13.6. The normalized spacial score (nSPS) is 14.3. The highest BCUT2D eigenvalue weighted by Gasteiger charge is 2.37. The molecule has 2 rings (SSSR count). The van der Waals surface area contributed by atoms with Crippen molar-refractivity contribution in [1.82, 2.24) is 14.9 Å². The van der Waals surface area contributed by atoms with Gasteiger partial charge < -0.3 is 10.2 Å². The second-order valence-electron chi connectivity index (χ2n) is 10.6. The van der Waals surface area contributed by atoms with Gasteiger partial charge in [-0.2, -0.15) is 26.3 Å². The molecule has 1 N–H and O–H groups in total. The molecule has 1 heterocycles. The molecule has 1 unspecified atom stereocenters. The van der Waals surface area contributed by atoms with E-state index in [9.17, 15) is 26.3 Å². The number of nitrogens with zero attached hydrogens (tertiary/aromatic N) is 3. The van der Waals surface area contributed by atoms with Crippen LogP contribution in [-0.4, -0.2) is 35.0 Å². The van der Waals surface area contributed by atoms with E-state index in [0.29, 0.717) is 23.2 Å². The summed E-state index contributed by atoms with van der Waals surface area (Å²) in [6.07, 6.45) is -8.83. The van der Waals surface area contributed by atoms with Crippen LogP contribution < -0.4 is 5.32 Å². The van der Waals surface area contributed by atoms with Crippen LogP contribution in [0.15, 0.2) is 60.1 Å². The van der Waals surface area contributed by atoms with Crippen molar-refractivity contribution in [2.45, 2.75) is 59.9 Å². The van der Waals surface area contributed by atoms with Crippen molar-refractivity contribution in [3.8, 4) is 11.3 Å². The van der Waals surface area contributed by atoms with E-state index in [0.717, 1.165) is 30.7 Å². The van der Waals surface area contributed by atoms with Gasteiger partial charge in [-0.15, -0.1) is 0 Å². The molecule has 208 valence electrons. The van der Waals surface area contributed by atoms with Gasteiger partial charge in [-0.1, -0.05) is 33.9 Å². The number of hydrogen-bond acceptors (Lipinski definition) is 4. The van der Waals surface area contributed by atoms with Gasteiger partial charge in [0.2, 0.25) is 0 Å². The van der Waals surface area contributed by atoms with E-state index < -0.39 is 23.6 Å². The summed E-state index contributed by atoms with van der Waals surface area (Å²) >= 11 is 0. The smallest absolute Gasteiger partial charge is 0.355 e. The van der Waals surface area contributed by atoms with Crippen LogP contribution in [-0.2, 0) is 12.4 Å². The van der Waals surface area contributed by atoms with Crippen LogP contribution in [0.5, 0.6) is 0 Å². The fourth-order valence-corrected chi connectivity index (χ4v) is 5.04. The lowest BCUT2D eigenvalue weighted by Gasteiger charge is -2.38. The first kappa shape index (κ1) is 31.1. The van der Waals surface area contributed by atoms with Crippen LogP contribution in [0.2, 0.25) is 0 Å². The molecule has 0 fully saturated rings. The maximum Gasteiger partial charge on any atom is 0.433 e. The summed E-state index contributed by atoms with van der Waals surface area (Å²) in [6, 6.07) is 2.75. The summed E-state index contributed by atoms with van der Waals surface area (Å²) in [5, 5.41) is 3.04. The van der Waals surface area contributed by atoms with Crippen LogP contribution in [0.4, 0.5) is 32.0 Å². The minimum absolute atomic E-state index is 0.0433. The van der Waals surface area contributed by atoms with E-state index in [2.05, 4.69) is 54.1 Å². The molecule has 0 aliphatic rings. The highest BCUT2D eigenvalue weighted by atomic mass is 19.4. The molecule has 10 heteroatoms. The van der Waals surface area contributed by atoms with Gasteiger partial charge in [0, 0.05) is 34.1 Å². The Morgan fingerprint density at radius 1 is 0.947 bits per heavy atom. The summed E-state index contributed by atoms with van der Waals surface area (Å²) in [6.45, 7) is 19.3. The molecular formula is C28H34F6N4. The number of benzene rings is 1. The largest absolute Gasteiger partial charge is 0.433 e. The predicted octanol–water partition coefficient (Wildman–Crippen LogP) is 8.28. The van der Waals surface area contributed by atoms with E-state index in [1.807, 2.05) is 21.0 Å². The topological polar surface area (TPSA) is 41.1 Å². The summed E-state index contributed by atoms with van der Waals surface area (Å²) in [7, 11) is 3.88. The molecule has 0 saturated carbocycles. The van der Waals surface area contributed by atoms with Gasteiger partial charge in [0.1, 0.15) is 6.33 Å². The fraction of sp³-hybridized carbons (Fsp3) is 0.429. The number of halogens is 6. The fourth-order valence-electron chi connectivity index (χ4n) is 5.04. The summed E-state index contributed by atoms with van der Waals surface area (Å²) in [4.78, 5) is 9.29. The quantitative estimate of drug-likeness (QED) is 0.283. The van der Waals surface area contributed by atoms with Crippen LogP contribution in [0.1, 0.15) is 51.4 Å². The number of anilines is 1. The average molecular weight is 541 g/mol. The van der Waals surface area contributed by atoms with Gasteiger partial charge >= 0.3 is 12.4 Å². The molecule has 4 nitrogen and oxygen atoms in total. The molecule has 1 atom stereocenters. The van der Waals surface area contributed by atoms with Crippen molar-refractivity contribution in [2.24, 2.45) is 5.41 Å². The Hall–Kier alpha value is -3.14. The number of likely N-dealkylation sites (N-methyl/N-ethyl adjacent to an activating group) is 1. The number of hydrogen-bond donors (Lipinski definition) is 1. The van der Waals surface area contributed by atoms with Crippen molar-refractivity contribution in [2.75, 3.05) is 19.4 Å². The van der Waals surface area contributed by atoms with Crippen LogP contribution in [0.3, 0.4) is 0 Å². The van der Waals surface area contributed by atoms with Crippen molar-refractivity contribution >= 4 is 5.69 Å². The molecular weight excluding hydrogens is 506 g/mol. The lowest BCUT2D eigenvalue weighted by molar-refractivity contribution is -0.141. The summed E-state index contributed by atoms with van der Waals surface area (Å²) in [5.41, 5.74) is -0.515. The number of allylic oxidation sites excluding steroid dienone is 1. The first-order valence-corrected chi connectivity index (χ1v) is 11.8. The third-order valence-electron chi connectivity index (χ3n) is 6.11. The molecule has 0 spiro atoms. The number of rotatable bonds is 7. The van der Waals surface area contributed by atoms with E-state index >= 15 is 0 Å². The minimum Gasteiger partial charge on any atom is -0.355 e. The van der Waals surface area contributed by atoms with E-state index in [4.69, 9.17) is 0 Å². The van der Waals surface area contributed by atoms with Crippen LogP contribution >= 0.6 is 0 Å². The molecule has 0 saturated heterocycles. The zero-order valence-corrected chi connectivity index (χ0v) is 22.9. The van der Waals surface area contributed by atoms with Crippen molar-refractivity contribution in [3.05, 3.63) is 76.9 Å². The Labute approximate surface area is 220 Å². The lowest BCUT2D eigenvalue weighted by atomic mass is 9.79. The second-order valence-corrected chi connectivity index (χ2v) is 10.6. The maximum atomic E-state index is 13.6. The Kier molecular flexibility index (Phi) is 8.93. The number of alkyl halides is 6. The number of aromatic nitrogens is 2. The lowest BCUT2D eigenvalue weighted by Crippen LogP contribution is -2.41. The second kappa shape index (κ2) is 10.9. The SMILES string of the molecule is C=C(C)/C(C(=C)Nc1ccc(C(F)(F)F)cc1-c1ncnc(C(F)(F)F)c1C)=C(/C)C(N(C)C)C(C)(C)C. The molecule has 1 aromatic carbocycles. The zero-order chi connectivity index (χ0) is 29.4. The summed E-state index contributed by atoms with van der Waals surface area (Å²) < 4.78 is 81.3. The number of nitrogens with one attached hydrogen (secondary N) is 1. The highest BCUT2D eigenvalue weighted by Crippen LogP contribution is 2.41. The zero-order valence-electron chi connectivity index (χ0n) is 22.9. The Morgan fingerprint density at radius 2 is 1.53 bits per heavy atom. The highest BCUT2D eigenvalue weighted by molar-refractivity contribution is 5.80. The monoisotopic (exact) mass is 540 g/mol. The van der Waals surface area contributed by atoms with Gasteiger partial charge in [-0.05, 0) is 69.6 Å². The first-order chi connectivity index (χ1) is 17.2. The molecule has 2 aromatic rings. The molecule has 0 radical (unpaired) electrons. The first-order valence-electron chi connectivity index (χ1n) is 11.8. The van der Waals surface area contributed by atoms with Crippen molar-refractivity contribution in [1.29, 1.82) is 0 Å². The van der Waals surface area contributed by atoms with Crippen LogP contribution in [0, 0.1) is 12.3 Å². The predicted molar refractivity (Wildman–Crippen MR) is 139 cm³/mol. The van der Waals surface area contributed by atoms with E-state index in [1.165, 1.54) is 0 Å². The molecule has 38 heavy (non-hydrogen) atoms. The molecule has 0 aliphatic carbocycles. The Balaban J connectivity index is 2.77. The van der Waals surface area contributed by atoms with E-state index in [-0.39, 0.29) is 34.0 Å². The molecule has 0 aliphatic heterocycles. The van der Waals surface area contributed by atoms with Gasteiger partial charge in [0.05, 0.1) is 11.3 Å². The standard InChI is InChI=1S/C28H34F6N4/c1-15(2)22(16(3)25(38(9)10)26(6,7)8)18(5)37-21-12-11-19(27(29,30)31)13-20(21)23-17(4)24(28(32,33)34)36-14-35-23/h11-14,25,37H,1,5H2,2-4,6-10H3/b22-16+. The van der Waals surface area contributed by atoms with Crippen molar-refractivity contribution < 1.29 is 26.3 Å². The summed E-state index contributed by atoms with van der Waals surface area (Å²) in [5.74, 6) is 0. The van der Waals surface area contributed by atoms with Gasteiger partial charge in [-0.25, -0.2) is 9.97 Å². The van der Waals surface area contributed by atoms with Gasteiger partial charge in [0.25, 0.3) is 0 Å². The van der Waals surface area contributed by atoms with Gasteiger partial charge in [0.15, 0.2) is 5.69 Å². The van der Waals surface area contributed by atoms with E-state index in [1.54, 1.807) is 6.92 Å². The minimum atomic E-state index is -4.80.